The van der Waals surface area contributed by atoms with Gasteiger partial charge in [-0.25, -0.2) is 4.79 Å². The Bertz CT molecular complexity index is 562. The molecule has 0 N–H and O–H groups in total. The van der Waals surface area contributed by atoms with Crippen molar-refractivity contribution in [1.82, 2.24) is 0 Å². The number of ether oxygens (including phenoxy) is 3. The molecule has 2 heterocycles. The minimum absolute atomic E-state index is 0.215. The summed E-state index contributed by atoms with van der Waals surface area (Å²) in [5, 5.41) is 0. The first kappa shape index (κ1) is 14.0. The molecule has 0 radical (unpaired) electrons. The Morgan fingerprint density at radius 2 is 1.71 bits per heavy atom. The summed E-state index contributed by atoms with van der Waals surface area (Å²) in [6, 6.07) is 7.34. The zero-order chi connectivity index (χ0) is 14.7. The molecule has 0 aliphatic carbocycles. The third-order valence-corrected chi connectivity index (χ3v) is 3.80. The highest BCUT2D eigenvalue weighted by Gasteiger charge is 2.41. The maximum Gasteiger partial charge on any atom is 0.378 e. The number of hydrogen-bond donors (Lipinski definition) is 0. The second-order valence-electron chi connectivity index (χ2n) is 5.44. The molecule has 0 amide bonds. The average molecular weight is 288 g/mol. The summed E-state index contributed by atoms with van der Waals surface area (Å²) in [6.07, 6.45) is 6.37. The number of cyclic esters (lactones) is 1. The maximum absolute atomic E-state index is 11.9. The molecule has 1 unspecified atom stereocenters. The lowest BCUT2D eigenvalue weighted by atomic mass is 10.1. The number of hydrogen-bond acceptors (Lipinski definition) is 4. The zero-order valence-electron chi connectivity index (χ0n) is 12.3. The maximum atomic E-state index is 11.9. The van der Waals surface area contributed by atoms with Crippen LogP contribution in [0.3, 0.4) is 0 Å². The van der Waals surface area contributed by atoms with Crippen molar-refractivity contribution in [2.75, 3.05) is 0 Å². The molecule has 4 nitrogen and oxygen atoms in total. The van der Waals surface area contributed by atoms with Crippen molar-refractivity contribution in [3.63, 3.8) is 0 Å². The molecule has 0 bridgehead atoms. The molecule has 0 saturated carbocycles. The van der Waals surface area contributed by atoms with Crippen LogP contribution in [0.4, 0.5) is 0 Å². The smallest absolute Gasteiger partial charge is 0.378 e. The van der Waals surface area contributed by atoms with Crippen LogP contribution in [0.5, 0.6) is 11.5 Å². The number of para-hydroxylation sites is 2. The zero-order valence-corrected chi connectivity index (χ0v) is 12.3. The van der Waals surface area contributed by atoms with Gasteiger partial charge in [-0.1, -0.05) is 44.7 Å². The molecule has 3 rings (SSSR count). The Balaban J connectivity index is 1.64. The third kappa shape index (κ3) is 2.89. The minimum Gasteiger partial charge on any atom is -0.450 e. The number of fused-ring (bicyclic) bond motifs is 1. The highest BCUT2D eigenvalue weighted by Crippen LogP contribution is 2.40. The van der Waals surface area contributed by atoms with E-state index < -0.39 is 5.97 Å². The van der Waals surface area contributed by atoms with Crippen molar-refractivity contribution in [2.24, 2.45) is 0 Å². The van der Waals surface area contributed by atoms with E-state index in [0.29, 0.717) is 17.3 Å². The second-order valence-corrected chi connectivity index (χ2v) is 5.44. The summed E-state index contributed by atoms with van der Waals surface area (Å²) < 4.78 is 16.8. The van der Waals surface area contributed by atoms with Gasteiger partial charge in [0.05, 0.1) is 0 Å². The number of benzene rings is 1. The molecule has 0 saturated heterocycles. The minimum atomic E-state index is -0.418. The van der Waals surface area contributed by atoms with E-state index >= 15 is 0 Å². The molecule has 0 aromatic heterocycles. The van der Waals surface area contributed by atoms with Crippen molar-refractivity contribution in [1.29, 1.82) is 0 Å². The van der Waals surface area contributed by atoms with Crippen LogP contribution in [0.15, 0.2) is 35.8 Å². The lowest BCUT2D eigenvalue weighted by molar-refractivity contribution is -0.142. The normalized spacial score (nSPS) is 19.5. The Kier molecular flexibility index (Phi) is 4.13. The molecule has 21 heavy (non-hydrogen) atoms. The molecule has 1 aromatic rings. The molecule has 0 fully saturated rings. The first-order valence-electron chi connectivity index (χ1n) is 7.69. The Hall–Kier alpha value is -1.97. The number of unbranched alkanes of at least 4 members (excludes halogenated alkanes) is 4. The summed E-state index contributed by atoms with van der Waals surface area (Å²) in [5.74, 6) is 1.54. The lowest BCUT2D eigenvalue weighted by Crippen LogP contribution is -2.17. The number of carbonyl (C=O) groups is 1. The molecule has 2 aliphatic rings. The van der Waals surface area contributed by atoms with E-state index in [4.69, 9.17) is 14.2 Å². The van der Waals surface area contributed by atoms with E-state index in [9.17, 15) is 4.79 Å². The standard InChI is InChI=1S/C17H20O4/c1-2-3-4-5-6-11-14-15-16(17(18)21-14)20-13-10-8-7-9-12(13)19-15/h7-10,14H,2-6,11H2,1H3. The number of carbonyl (C=O) groups excluding carboxylic acids is 1. The fourth-order valence-corrected chi connectivity index (χ4v) is 2.66. The van der Waals surface area contributed by atoms with Gasteiger partial charge in [-0.2, -0.15) is 0 Å². The van der Waals surface area contributed by atoms with Gasteiger partial charge in [0.2, 0.25) is 0 Å². The van der Waals surface area contributed by atoms with E-state index in [1.165, 1.54) is 19.3 Å². The van der Waals surface area contributed by atoms with Gasteiger partial charge < -0.3 is 14.2 Å². The quantitative estimate of drug-likeness (QED) is 0.587. The van der Waals surface area contributed by atoms with Crippen molar-refractivity contribution < 1.29 is 19.0 Å². The van der Waals surface area contributed by atoms with Gasteiger partial charge in [-0.3, -0.25) is 0 Å². The van der Waals surface area contributed by atoms with Crippen LogP contribution in [0.25, 0.3) is 0 Å². The molecule has 1 aromatic carbocycles. The van der Waals surface area contributed by atoms with Crippen LogP contribution in [0, 0.1) is 0 Å². The van der Waals surface area contributed by atoms with E-state index in [-0.39, 0.29) is 11.9 Å². The van der Waals surface area contributed by atoms with E-state index in [1.807, 2.05) is 18.2 Å². The van der Waals surface area contributed by atoms with E-state index in [2.05, 4.69) is 6.92 Å². The molecule has 112 valence electrons. The summed E-state index contributed by atoms with van der Waals surface area (Å²) >= 11 is 0. The Morgan fingerprint density at radius 3 is 2.48 bits per heavy atom. The first-order valence-corrected chi connectivity index (χ1v) is 7.69. The Morgan fingerprint density at radius 1 is 1.00 bits per heavy atom. The van der Waals surface area contributed by atoms with Gasteiger partial charge in [-0.05, 0) is 25.0 Å². The van der Waals surface area contributed by atoms with Crippen molar-refractivity contribution in [3.05, 3.63) is 35.8 Å². The fourth-order valence-electron chi connectivity index (χ4n) is 2.66. The molecule has 1 atom stereocenters. The van der Waals surface area contributed by atoms with Gasteiger partial charge in [0.25, 0.3) is 5.76 Å². The van der Waals surface area contributed by atoms with Gasteiger partial charge in [-0.15, -0.1) is 0 Å². The monoisotopic (exact) mass is 288 g/mol. The Labute approximate surface area is 124 Å². The lowest BCUT2D eigenvalue weighted by Gasteiger charge is -2.19. The van der Waals surface area contributed by atoms with Crippen LogP contribution < -0.4 is 9.47 Å². The van der Waals surface area contributed by atoms with Crippen LogP contribution in [-0.2, 0) is 9.53 Å². The average Bonchev–Trinajstić information content (AvgIpc) is 2.81. The summed E-state index contributed by atoms with van der Waals surface area (Å²) in [5.41, 5.74) is 0. The first-order chi connectivity index (χ1) is 10.3. The van der Waals surface area contributed by atoms with Crippen LogP contribution >= 0.6 is 0 Å². The van der Waals surface area contributed by atoms with Gasteiger partial charge in [0, 0.05) is 0 Å². The highest BCUT2D eigenvalue weighted by molar-refractivity contribution is 5.90. The summed E-state index contributed by atoms with van der Waals surface area (Å²) in [6.45, 7) is 2.19. The molecular weight excluding hydrogens is 268 g/mol. The van der Waals surface area contributed by atoms with Gasteiger partial charge in [0.1, 0.15) is 0 Å². The van der Waals surface area contributed by atoms with Crippen LogP contribution in [0.2, 0.25) is 0 Å². The fraction of sp³-hybridized carbons (Fsp3) is 0.471. The largest absolute Gasteiger partial charge is 0.450 e. The second kappa shape index (κ2) is 6.20. The topological polar surface area (TPSA) is 44.8 Å². The van der Waals surface area contributed by atoms with Crippen LogP contribution in [0.1, 0.15) is 45.4 Å². The molecular formula is C17H20O4. The van der Waals surface area contributed by atoms with Gasteiger partial charge in [0.15, 0.2) is 23.4 Å². The number of esters is 1. The van der Waals surface area contributed by atoms with Crippen molar-refractivity contribution >= 4 is 5.97 Å². The summed E-state index contributed by atoms with van der Waals surface area (Å²) in [7, 11) is 0. The van der Waals surface area contributed by atoms with E-state index in [1.54, 1.807) is 6.07 Å². The SMILES string of the molecule is CCCCCCCC1OC(=O)C2=C1Oc1ccccc1O2. The van der Waals surface area contributed by atoms with Crippen molar-refractivity contribution in [3.8, 4) is 11.5 Å². The highest BCUT2D eigenvalue weighted by atomic mass is 16.6. The molecule has 4 heteroatoms. The predicted molar refractivity (Wildman–Crippen MR) is 78.0 cm³/mol. The van der Waals surface area contributed by atoms with Gasteiger partial charge >= 0.3 is 5.97 Å². The third-order valence-electron chi connectivity index (χ3n) is 3.80. The van der Waals surface area contributed by atoms with E-state index in [0.717, 1.165) is 19.3 Å². The molecule has 0 spiro atoms. The van der Waals surface area contributed by atoms with Crippen molar-refractivity contribution in [2.45, 2.75) is 51.6 Å². The number of rotatable bonds is 6. The van der Waals surface area contributed by atoms with Crippen LogP contribution in [-0.4, -0.2) is 12.1 Å². The summed E-state index contributed by atoms with van der Waals surface area (Å²) in [4.78, 5) is 11.9. The molecule has 2 aliphatic heterocycles. The predicted octanol–water partition coefficient (Wildman–Crippen LogP) is 3.96.